The molecular formula is C27H26N4O5. The van der Waals surface area contributed by atoms with Crippen LogP contribution >= 0.6 is 0 Å². The molecule has 9 nitrogen and oxygen atoms in total. The van der Waals surface area contributed by atoms with Crippen molar-refractivity contribution in [1.82, 2.24) is 19.4 Å². The van der Waals surface area contributed by atoms with E-state index in [1.165, 1.54) is 10.9 Å². The molecule has 0 aliphatic carbocycles. The lowest BCUT2D eigenvalue weighted by Gasteiger charge is -2.33. The number of carbonyl (C=O) groups is 3. The Labute approximate surface area is 207 Å². The van der Waals surface area contributed by atoms with Crippen LogP contribution < -0.4 is 0 Å². The molecule has 1 amide bonds. The summed E-state index contributed by atoms with van der Waals surface area (Å²) in [7, 11) is 0. The van der Waals surface area contributed by atoms with Crippen LogP contribution in [-0.2, 0) is 9.53 Å². The van der Waals surface area contributed by atoms with Gasteiger partial charge in [0.1, 0.15) is 12.9 Å². The largest absolute Gasteiger partial charge is 0.472 e. The number of nitrogens with zero attached hydrogens (tertiary/aromatic N) is 4. The molecule has 4 aromatic rings. The highest BCUT2D eigenvalue weighted by atomic mass is 16.5. The fraction of sp³-hybridized carbons (Fsp3) is 0.259. The van der Waals surface area contributed by atoms with Crippen molar-refractivity contribution in [2.24, 2.45) is 0 Å². The van der Waals surface area contributed by atoms with Crippen LogP contribution in [0.5, 0.6) is 0 Å². The van der Waals surface area contributed by atoms with E-state index in [0.717, 1.165) is 24.2 Å². The Balaban J connectivity index is 1.22. The van der Waals surface area contributed by atoms with E-state index < -0.39 is 5.97 Å². The minimum Gasteiger partial charge on any atom is -0.472 e. The molecular weight excluding hydrogens is 460 g/mol. The van der Waals surface area contributed by atoms with Gasteiger partial charge in [-0.2, -0.15) is 0 Å². The highest BCUT2D eigenvalue weighted by Gasteiger charge is 2.19. The Bertz CT molecular complexity index is 1400. The maximum absolute atomic E-state index is 13.2. The van der Waals surface area contributed by atoms with Crippen LogP contribution in [0.4, 0.5) is 0 Å². The Morgan fingerprint density at radius 3 is 2.53 bits per heavy atom. The van der Waals surface area contributed by atoms with Gasteiger partial charge in [0.05, 0.1) is 29.1 Å². The summed E-state index contributed by atoms with van der Waals surface area (Å²) in [6.07, 6.45) is 4.75. The first-order valence-corrected chi connectivity index (χ1v) is 11.8. The van der Waals surface area contributed by atoms with Gasteiger partial charge in [-0.3, -0.25) is 19.1 Å². The highest BCUT2D eigenvalue weighted by molar-refractivity contribution is 6.03. The quantitative estimate of drug-likeness (QED) is 0.386. The fourth-order valence-electron chi connectivity index (χ4n) is 4.34. The van der Waals surface area contributed by atoms with E-state index in [1.807, 2.05) is 29.2 Å². The molecule has 0 radical (unpaired) electrons. The van der Waals surface area contributed by atoms with Gasteiger partial charge in [0.2, 0.25) is 5.91 Å². The lowest BCUT2D eigenvalue weighted by molar-refractivity contribution is -0.130. The number of hydrogen-bond acceptors (Lipinski definition) is 7. The van der Waals surface area contributed by atoms with Gasteiger partial charge < -0.3 is 14.1 Å². The molecule has 184 valence electrons. The van der Waals surface area contributed by atoms with E-state index in [4.69, 9.17) is 9.15 Å². The van der Waals surface area contributed by atoms with Gasteiger partial charge in [-0.1, -0.05) is 12.1 Å². The van der Waals surface area contributed by atoms with Gasteiger partial charge in [0.15, 0.2) is 0 Å². The SMILES string of the molecule is CC(=O)N1CCN(CCOC(=O)c2cccc(C(=O)n3cnc4cc(-c5ccoc5)ccc43)c2)CC1. The van der Waals surface area contributed by atoms with Gasteiger partial charge >= 0.3 is 5.97 Å². The van der Waals surface area contributed by atoms with Crippen LogP contribution in [0.2, 0.25) is 0 Å². The molecule has 1 fully saturated rings. The summed E-state index contributed by atoms with van der Waals surface area (Å²) >= 11 is 0. The number of hydrogen-bond donors (Lipinski definition) is 0. The van der Waals surface area contributed by atoms with Crippen LogP contribution in [0.25, 0.3) is 22.2 Å². The summed E-state index contributed by atoms with van der Waals surface area (Å²) in [5, 5.41) is 0. The second-order valence-corrected chi connectivity index (χ2v) is 8.70. The monoisotopic (exact) mass is 486 g/mol. The second kappa shape index (κ2) is 10.2. The lowest BCUT2D eigenvalue weighted by Crippen LogP contribution is -2.48. The van der Waals surface area contributed by atoms with Crippen molar-refractivity contribution >= 4 is 28.8 Å². The molecule has 9 heteroatoms. The van der Waals surface area contributed by atoms with Crippen molar-refractivity contribution < 1.29 is 23.5 Å². The number of amides is 1. The van der Waals surface area contributed by atoms with Gasteiger partial charge in [-0.05, 0) is 42.0 Å². The van der Waals surface area contributed by atoms with Crippen LogP contribution in [0.15, 0.2) is 71.8 Å². The number of fused-ring (bicyclic) bond motifs is 1. The normalized spacial score (nSPS) is 14.2. The summed E-state index contributed by atoms with van der Waals surface area (Å²) in [5.41, 5.74) is 3.91. The Morgan fingerprint density at radius 1 is 0.972 bits per heavy atom. The number of carbonyl (C=O) groups excluding carboxylic acids is 3. The summed E-state index contributed by atoms with van der Waals surface area (Å²) < 4.78 is 12.1. The smallest absolute Gasteiger partial charge is 0.338 e. The number of piperazine rings is 1. The molecule has 0 spiro atoms. The number of rotatable bonds is 6. The Kier molecular flexibility index (Phi) is 6.64. The zero-order chi connectivity index (χ0) is 25.1. The fourth-order valence-corrected chi connectivity index (χ4v) is 4.34. The summed E-state index contributed by atoms with van der Waals surface area (Å²) in [6, 6.07) is 14.0. The number of ether oxygens (including phenoxy) is 1. The average molecular weight is 487 g/mol. The van der Waals surface area contributed by atoms with Crippen LogP contribution in [0.3, 0.4) is 0 Å². The maximum Gasteiger partial charge on any atom is 0.338 e. The first-order chi connectivity index (χ1) is 17.5. The highest BCUT2D eigenvalue weighted by Crippen LogP contribution is 2.25. The van der Waals surface area contributed by atoms with Crippen molar-refractivity contribution in [3.8, 4) is 11.1 Å². The molecule has 3 heterocycles. The molecule has 1 saturated heterocycles. The number of esters is 1. The van der Waals surface area contributed by atoms with Crippen molar-refractivity contribution in [3.05, 3.63) is 78.5 Å². The first-order valence-electron chi connectivity index (χ1n) is 11.8. The minimum atomic E-state index is -0.479. The summed E-state index contributed by atoms with van der Waals surface area (Å²) in [5.74, 6) is -0.683. The topological polar surface area (TPSA) is 97.9 Å². The Morgan fingerprint density at radius 2 is 1.78 bits per heavy atom. The third-order valence-electron chi connectivity index (χ3n) is 6.42. The van der Waals surface area contributed by atoms with Crippen molar-refractivity contribution in [1.29, 1.82) is 0 Å². The van der Waals surface area contributed by atoms with Crippen LogP contribution in [0, 0.1) is 0 Å². The molecule has 0 N–H and O–H groups in total. The first kappa shape index (κ1) is 23.5. The second-order valence-electron chi connectivity index (χ2n) is 8.70. The third kappa shape index (κ3) is 4.92. The number of aromatic nitrogens is 2. The Hall–Kier alpha value is -4.24. The van der Waals surface area contributed by atoms with Crippen molar-refractivity contribution in [2.45, 2.75) is 6.92 Å². The van der Waals surface area contributed by atoms with Crippen molar-refractivity contribution in [2.75, 3.05) is 39.3 Å². The predicted molar refractivity (Wildman–Crippen MR) is 133 cm³/mol. The standard InChI is InChI=1S/C27H26N4O5/c1-19(32)30-10-8-29(9-11-30)12-14-36-27(34)22-4-2-3-21(15-22)26(33)31-18-28-24-16-20(5-6-25(24)31)23-7-13-35-17-23/h2-7,13,15-18H,8-12,14H2,1H3. The number of benzene rings is 2. The molecule has 0 saturated carbocycles. The maximum atomic E-state index is 13.2. The van der Waals surface area contributed by atoms with E-state index >= 15 is 0 Å². The van der Waals surface area contributed by atoms with E-state index in [2.05, 4.69) is 9.88 Å². The van der Waals surface area contributed by atoms with Gasteiger partial charge in [0.25, 0.3) is 5.91 Å². The minimum absolute atomic E-state index is 0.0817. The van der Waals surface area contributed by atoms with Crippen molar-refractivity contribution in [3.63, 3.8) is 0 Å². The lowest BCUT2D eigenvalue weighted by atomic mass is 10.1. The van der Waals surface area contributed by atoms with Gasteiger partial charge in [-0.25, -0.2) is 9.78 Å². The number of imidazole rings is 1. The number of furan rings is 1. The van der Waals surface area contributed by atoms with Crippen LogP contribution in [-0.4, -0.2) is 76.5 Å². The zero-order valence-electron chi connectivity index (χ0n) is 19.9. The predicted octanol–water partition coefficient (Wildman–Crippen LogP) is 3.31. The summed E-state index contributed by atoms with van der Waals surface area (Å²) in [4.78, 5) is 45.6. The van der Waals surface area contributed by atoms with Crippen LogP contribution in [0.1, 0.15) is 27.6 Å². The van der Waals surface area contributed by atoms with E-state index in [9.17, 15) is 14.4 Å². The van der Waals surface area contributed by atoms with Gasteiger partial charge in [0, 0.05) is 50.8 Å². The molecule has 0 atom stereocenters. The molecule has 5 rings (SSSR count). The average Bonchev–Trinajstić information content (AvgIpc) is 3.59. The third-order valence-corrected chi connectivity index (χ3v) is 6.42. The van der Waals surface area contributed by atoms with E-state index in [1.54, 1.807) is 43.7 Å². The van der Waals surface area contributed by atoms with E-state index in [-0.39, 0.29) is 18.4 Å². The molecule has 36 heavy (non-hydrogen) atoms. The van der Waals surface area contributed by atoms with E-state index in [0.29, 0.717) is 41.8 Å². The molecule has 1 aliphatic heterocycles. The molecule has 0 bridgehead atoms. The zero-order valence-corrected chi connectivity index (χ0v) is 19.9. The molecule has 0 unspecified atom stereocenters. The molecule has 2 aromatic heterocycles. The van der Waals surface area contributed by atoms with Gasteiger partial charge in [-0.15, -0.1) is 0 Å². The summed E-state index contributed by atoms with van der Waals surface area (Å²) in [6.45, 7) is 5.28. The molecule has 2 aromatic carbocycles. The molecule has 1 aliphatic rings.